The van der Waals surface area contributed by atoms with Crippen LogP contribution in [0.2, 0.25) is 0 Å². The molecule has 20 heavy (non-hydrogen) atoms. The fourth-order valence-electron chi connectivity index (χ4n) is 2.13. The molecular formula is C14H18FN3O2. The maximum absolute atomic E-state index is 12.7. The summed E-state index contributed by atoms with van der Waals surface area (Å²) in [6, 6.07) is 5.88. The quantitative estimate of drug-likeness (QED) is 0.895. The fourth-order valence-corrected chi connectivity index (χ4v) is 2.13. The Bertz CT molecular complexity index is 482. The van der Waals surface area contributed by atoms with Gasteiger partial charge < -0.3 is 15.1 Å². The predicted octanol–water partition coefficient (Wildman–Crippen LogP) is 0.928. The molecule has 0 unspecified atom stereocenters. The number of hydrogen-bond acceptors (Lipinski definition) is 3. The van der Waals surface area contributed by atoms with E-state index in [1.807, 2.05) is 0 Å². The number of amides is 2. The molecule has 2 amide bonds. The molecule has 0 atom stereocenters. The number of rotatable bonds is 3. The van der Waals surface area contributed by atoms with Gasteiger partial charge in [0, 0.05) is 38.8 Å². The van der Waals surface area contributed by atoms with Gasteiger partial charge in [-0.05, 0) is 24.3 Å². The average Bonchev–Trinajstić information content (AvgIpc) is 2.46. The van der Waals surface area contributed by atoms with Crippen molar-refractivity contribution in [1.82, 2.24) is 9.80 Å². The van der Waals surface area contributed by atoms with Crippen molar-refractivity contribution in [2.24, 2.45) is 0 Å². The van der Waals surface area contributed by atoms with Crippen molar-refractivity contribution in [2.75, 3.05) is 38.0 Å². The first-order valence-electron chi connectivity index (χ1n) is 6.59. The SMILES string of the molecule is CC(=O)N1CCN(C(=O)CNc2ccc(F)cc2)CC1. The molecule has 1 aromatic carbocycles. The molecule has 1 fully saturated rings. The van der Waals surface area contributed by atoms with Crippen molar-refractivity contribution in [3.8, 4) is 0 Å². The monoisotopic (exact) mass is 279 g/mol. The van der Waals surface area contributed by atoms with Crippen molar-refractivity contribution in [2.45, 2.75) is 6.92 Å². The van der Waals surface area contributed by atoms with Crippen LogP contribution in [-0.4, -0.2) is 54.3 Å². The van der Waals surface area contributed by atoms with Crippen molar-refractivity contribution in [3.63, 3.8) is 0 Å². The Hall–Kier alpha value is -2.11. The predicted molar refractivity (Wildman–Crippen MR) is 73.7 cm³/mol. The first-order chi connectivity index (χ1) is 9.56. The summed E-state index contributed by atoms with van der Waals surface area (Å²) in [5.74, 6) is -0.277. The van der Waals surface area contributed by atoms with Crippen LogP contribution in [-0.2, 0) is 9.59 Å². The highest BCUT2D eigenvalue weighted by Crippen LogP contribution is 2.08. The van der Waals surface area contributed by atoms with Gasteiger partial charge >= 0.3 is 0 Å². The van der Waals surface area contributed by atoms with E-state index >= 15 is 0 Å². The minimum Gasteiger partial charge on any atom is -0.376 e. The molecular weight excluding hydrogens is 261 g/mol. The van der Waals surface area contributed by atoms with E-state index in [9.17, 15) is 14.0 Å². The van der Waals surface area contributed by atoms with Crippen LogP contribution in [0.15, 0.2) is 24.3 Å². The van der Waals surface area contributed by atoms with Gasteiger partial charge in [-0.15, -0.1) is 0 Å². The normalized spacial score (nSPS) is 15.1. The van der Waals surface area contributed by atoms with Gasteiger partial charge in [0.2, 0.25) is 11.8 Å². The number of hydrogen-bond donors (Lipinski definition) is 1. The summed E-state index contributed by atoms with van der Waals surface area (Å²) in [4.78, 5) is 26.7. The maximum Gasteiger partial charge on any atom is 0.241 e. The van der Waals surface area contributed by atoms with E-state index in [0.29, 0.717) is 31.9 Å². The summed E-state index contributed by atoms with van der Waals surface area (Å²) in [7, 11) is 0. The smallest absolute Gasteiger partial charge is 0.241 e. The van der Waals surface area contributed by atoms with Crippen LogP contribution in [0.3, 0.4) is 0 Å². The van der Waals surface area contributed by atoms with Crippen LogP contribution in [0.5, 0.6) is 0 Å². The van der Waals surface area contributed by atoms with Crippen LogP contribution in [0.25, 0.3) is 0 Å². The van der Waals surface area contributed by atoms with Crippen LogP contribution < -0.4 is 5.32 Å². The Morgan fingerprint density at radius 2 is 1.65 bits per heavy atom. The topological polar surface area (TPSA) is 52.7 Å². The van der Waals surface area contributed by atoms with E-state index in [4.69, 9.17) is 0 Å². The third-order valence-electron chi connectivity index (χ3n) is 3.37. The summed E-state index contributed by atoms with van der Waals surface area (Å²) >= 11 is 0. The number of anilines is 1. The lowest BCUT2D eigenvalue weighted by Gasteiger charge is -2.34. The highest BCUT2D eigenvalue weighted by atomic mass is 19.1. The van der Waals surface area contributed by atoms with Crippen molar-refractivity contribution in [3.05, 3.63) is 30.1 Å². The van der Waals surface area contributed by atoms with E-state index in [-0.39, 0.29) is 24.2 Å². The molecule has 0 spiro atoms. The molecule has 5 nitrogen and oxygen atoms in total. The molecule has 1 aromatic rings. The van der Waals surface area contributed by atoms with Gasteiger partial charge in [-0.2, -0.15) is 0 Å². The summed E-state index contributed by atoms with van der Waals surface area (Å²) < 4.78 is 12.7. The summed E-state index contributed by atoms with van der Waals surface area (Å²) in [5.41, 5.74) is 0.710. The zero-order chi connectivity index (χ0) is 14.5. The second-order valence-corrected chi connectivity index (χ2v) is 4.75. The number of halogens is 1. The first kappa shape index (κ1) is 14.3. The second kappa shape index (κ2) is 6.36. The van der Waals surface area contributed by atoms with Crippen molar-refractivity contribution >= 4 is 17.5 Å². The van der Waals surface area contributed by atoms with E-state index in [2.05, 4.69) is 5.32 Å². The highest BCUT2D eigenvalue weighted by Gasteiger charge is 2.21. The molecule has 0 aliphatic carbocycles. The Kier molecular flexibility index (Phi) is 4.55. The molecule has 1 aliphatic rings. The van der Waals surface area contributed by atoms with Gasteiger partial charge in [-0.3, -0.25) is 9.59 Å². The number of nitrogens with zero attached hydrogens (tertiary/aromatic N) is 2. The summed E-state index contributed by atoms with van der Waals surface area (Å²) in [5, 5.41) is 2.96. The number of carbonyl (C=O) groups is 2. The average molecular weight is 279 g/mol. The third-order valence-corrected chi connectivity index (χ3v) is 3.37. The van der Waals surface area contributed by atoms with Gasteiger partial charge in [-0.25, -0.2) is 4.39 Å². The van der Waals surface area contributed by atoms with E-state index in [1.165, 1.54) is 19.1 Å². The zero-order valence-electron chi connectivity index (χ0n) is 11.4. The molecule has 6 heteroatoms. The van der Waals surface area contributed by atoms with Crippen LogP contribution in [0, 0.1) is 5.82 Å². The number of nitrogens with one attached hydrogen (secondary N) is 1. The Labute approximate surface area is 117 Å². The molecule has 1 saturated heterocycles. The van der Waals surface area contributed by atoms with Gasteiger partial charge in [0.25, 0.3) is 0 Å². The van der Waals surface area contributed by atoms with Crippen molar-refractivity contribution < 1.29 is 14.0 Å². The molecule has 0 radical (unpaired) electrons. The van der Waals surface area contributed by atoms with Crippen molar-refractivity contribution in [1.29, 1.82) is 0 Å². The minimum absolute atomic E-state index is 0.0162. The van der Waals surface area contributed by atoms with Gasteiger partial charge in [0.15, 0.2) is 0 Å². The number of carbonyl (C=O) groups excluding carboxylic acids is 2. The second-order valence-electron chi connectivity index (χ2n) is 4.75. The standard InChI is InChI=1S/C14H18FN3O2/c1-11(19)17-6-8-18(9-7-17)14(20)10-16-13-4-2-12(15)3-5-13/h2-5,16H,6-10H2,1H3. The minimum atomic E-state index is -0.303. The van der Waals surface area contributed by atoms with Gasteiger partial charge in [-0.1, -0.05) is 0 Å². The summed E-state index contributed by atoms with van der Waals surface area (Å²) in [6.45, 7) is 3.99. The van der Waals surface area contributed by atoms with Crippen LogP contribution in [0.1, 0.15) is 6.92 Å². The van der Waals surface area contributed by atoms with Gasteiger partial charge in [0.05, 0.1) is 6.54 Å². The molecule has 1 N–H and O–H groups in total. The Morgan fingerprint density at radius 1 is 1.10 bits per heavy atom. The third kappa shape index (κ3) is 3.69. The maximum atomic E-state index is 12.7. The largest absolute Gasteiger partial charge is 0.376 e. The molecule has 0 saturated carbocycles. The lowest BCUT2D eigenvalue weighted by atomic mass is 10.3. The molecule has 1 aliphatic heterocycles. The molecule has 0 bridgehead atoms. The lowest BCUT2D eigenvalue weighted by molar-refractivity contribution is -0.137. The highest BCUT2D eigenvalue weighted by molar-refractivity contribution is 5.81. The Morgan fingerprint density at radius 3 is 2.20 bits per heavy atom. The molecule has 2 rings (SSSR count). The molecule has 0 aromatic heterocycles. The van der Waals surface area contributed by atoms with Gasteiger partial charge in [0.1, 0.15) is 5.82 Å². The first-order valence-corrected chi connectivity index (χ1v) is 6.59. The number of piperazine rings is 1. The van der Waals surface area contributed by atoms with E-state index < -0.39 is 0 Å². The number of benzene rings is 1. The van der Waals surface area contributed by atoms with E-state index in [1.54, 1.807) is 21.9 Å². The summed E-state index contributed by atoms with van der Waals surface area (Å²) in [6.07, 6.45) is 0. The fraction of sp³-hybridized carbons (Fsp3) is 0.429. The zero-order valence-corrected chi connectivity index (χ0v) is 11.4. The Balaban J connectivity index is 1.78. The lowest BCUT2D eigenvalue weighted by Crippen LogP contribution is -2.51. The van der Waals surface area contributed by atoms with E-state index in [0.717, 1.165) is 0 Å². The molecule has 108 valence electrons. The van der Waals surface area contributed by atoms with Crippen LogP contribution in [0.4, 0.5) is 10.1 Å². The molecule has 1 heterocycles. The van der Waals surface area contributed by atoms with Crippen LogP contribution >= 0.6 is 0 Å².